The minimum atomic E-state index is 0.649. The largest absolute Gasteiger partial charge is 0.314 e. The maximum absolute atomic E-state index is 4.00. The second kappa shape index (κ2) is 6.13. The zero-order chi connectivity index (χ0) is 13.1. The Kier molecular flexibility index (Phi) is 4.48. The summed E-state index contributed by atoms with van der Waals surface area (Å²) in [5.41, 5.74) is 0.649. The highest BCUT2D eigenvalue weighted by atomic mass is 15.0. The number of hydrogen-bond donors (Lipinski definition) is 2. The van der Waals surface area contributed by atoms with Crippen LogP contribution in [0.4, 0.5) is 0 Å². The van der Waals surface area contributed by atoms with Gasteiger partial charge >= 0.3 is 0 Å². The van der Waals surface area contributed by atoms with Crippen LogP contribution >= 0.6 is 0 Å². The van der Waals surface area contributed by atoms with Gasteiger partial charge in [0.1, 0.15) is 0 Å². The minimum absolute atomic E-state index is 0.649. The first-order valence-corrected chi connectivity index (χ1v) is 8.80. The van der Waals surface area contributed by atoms with Gasteiger partial charge in [0, 0.05) is 18.6 Å². The van der Waals surface area contributed by atoms with E-state index in [0.29, 0.717) is 5.41 Å². The Balaban J connectivity index is 1.53. The summed E-state index contributed by atoms with van der Waals surface area (Å²) in [6.07, 6.45) is 14.4. The molecule has 0 aromatic carbocycles. The predicted molar refractivity (Wildman–Crippen MR) is 81.3 cm³/mol. The molecular formula is C17H32N2. The number of nitrogens with one attached hydrogen (secondary N) is 2. The van der Waals surface area contributed by atoms with E-state index in [-0.39, 0.29) is 0 Å². The van der Waals surface area contributed by atoms with Gasteiger partial charge in [-0.05, 0) is 62.8 Å². The SMILES string of the molecule is CCC1(CNC2CCCC2C2CCCN2)CCCC1. The van der Waals surface area contributed by atoms with E-state index in [1.165, 1.54) is 77.3 Å². The molecule has 0 aromatic rings. The van der Waals surface area contributed by atoms with Crippen molar-refractivity contribution in [3.8, 4) is 0 Å². The van der Waals surface area contributed by atoms with Crippen LogP contribution in [0.25, 0.3) is 0 Å². The third-order valence-corrected chi connectivity index (χ3v) is 6.34. The Hall–Kier alpha value is -0.0800. The van der Waals surface area contributed by atoms with Crippen molar-refractivity contribution >= 4 is 0 Å². The molecule has 3 rings (SSSR count). The molecule has 2 saturated carbocycles. The quantitative estimate of drug-likeness (QED) is 0.794. The molecule has 2 aliphatic carbocycles. The normalized spacial score (nSPS) is 38.1. The van der Waals surface area contributed by atoms with Crippen molar-refractivity contribution in [2.24, 2.45) is 11.3 Å². The third kappa shape index (κ3) is 3.00. The minimum Gasteiger partial charge on any atom is -0.314 e. The molecule has 1 saturated heterocycles. The summed E-state index contributed by atoms with van der Waals surface area (Å²) in [6, 6.07) is 1.63. The van der Waals surface area contributed by atoms with Crippen molar-refractivity contribution in [1.29, 1.82) is 0 Å². The Morgan fingerprint density at radius 2 is 1.89 bits per heavy atom. The van der Waals surface area contributed by atoms with Gasteiger partial charge in [-0.1, -0.05) is 26.2 Å². The van der Waals surface area contributed by atoms with Gasteiger partial charge in [0.25, 0.3) is 0 Å². The molecule has 3 unspecified atom stereocenters. The monoisotopic (exact) mass is 264 g/mol. The van der Waals surface area contributed by atoms with Crippen LogP contribution in [0, 0.1) is 11.3 Å². The zero-order valence-electron chi connectivity index (χ0n) is 12.7. The highest BCUT2D eigenvalue weighted by Gasteiger charge is 2.37. The Morgan fingerprint density at radius 3 is 2.58 bits per heavy atom. The maximum Gasteiger partial charge on any atom is 0.0111 e. The van der Waals surface area contributed by atoms with E-state index < -0.39 is 0 Å². The smallest absolute Gasteiger partial charge is 0.0111 e. The Labute approximate surface area is 119 Å². The molecule has 3 fully saturated rings. The fourth-order valence-corrected chi connectivity index (χ4v) is 4.93. The molecule has 1 heterocycles. The van der Waals surface area contributed by atoms with Gasteiger partial charge in [-0.25, -0.2) is 0 Å². The van der Waals surface area contributed by atoms with Crippen LogP contribution in [0.1, 0.15) is 71.1 Å². The van der Waals surface area contributed by atoms with E-state index in [1.807, 2.05) is 0 Å². The van der Waals surface area contributed by atoms with Crippen molar-refractivity contribution in [2.75, 3.05) is 13.1 Å². The molecule has 0 radical (unpaired) electrons. The number of hydrogen-bond acceptors (Lipinski definition) is 2. The highest BCUT2D eigenvalue weighted by Crippen LogP contribution is 2.41. The summed E-state index contributed by atoms with van der Waals surface area (Å²) in [4.78, 5) is 0. The van der Waals surface area contributed by atoms with E-state index in [2.05, 4.69) is 17.6 Å². The lowest BCUT2D eigenvalue weighted by molar-refractivity contribution is 0.231. The van der Waals surface area contributed by atoms with Gasteiger partial charge in [-0.15, -0.1) is 0 Å². The van der Waals surface area contributed by atoms with Crippen molar-refractivity contribution in [1.82, 2.24) is 10.6 Å². The summed E-state index contributed by atoms with van der Waals surface area (Å²) in [7, 11) is 0. The van der Waals surface area contributed by atoms with Crippen LogP contribution in [0.2, 0.25) is 0 Å². The summed E-state index contributed by atoms with van der Waals surface area (Å²) in [5.74, 6) is 0.915. The molecule has 0 aromatic heterocycles. The lowest BCUT2D eigenvalue weighted by Crippen LogP contribution is -2.45. The van der Waals surface area contributed by atoms with Crippen molar-refractivity contribution < 1.29 is 0 Å². The van der Waals surface area contributed by atoms with Crippen molar-refractivity contribution in [3.63, 3.8) is 0 Å². The molecule has 0 amide bonds. The molecule has 3 aliphatic rings. The van der Waals surface area contributed by atoms with Crippen molar-refractivity contribution in [3.05, 3.63) is 0 Å². The number of rotatable bonds is 5. The second-order valence-electron chi connectivity index (χ2n) is 7.35. The van der Waals surface area contributed by atoms with Gasteiger partial charge in [-0.3, -0.25) is 0 Å². The average molecular weight is 264 g/mol. The van der Waals surface area contributed by atoms with E-state index >= 15 is 0 Å². The fourth-order valence-electron chi connectivity index (χ4n) is 4.93. The van der Waals surface area contributed by atoms with Crippen LogP contribution in [0.5, 0.6) is 0 Å². The summed E-state index contributed by atoms with van der Waals surface area (Å²) in [6.45, 7) is 4.95. The van der Waals surface area contributed by atoms with E-state index in [1.54, 1.807) is 0 Å². The maximum atomic E-state index is 4.00. The average Bonchev–Trinajstić information content (AvgIpc) is 3.17. The molecule has 2 N–H and O–H groups in total. The first-order valence-electron chi connectivity index (χ1n) is 8.80. The summed E-state index contributed by atoms with van der Waals surface area (Å²) < 4.78 is 0. The first kappa shape index (κ1) is 13.9. The van der Waals surface area contributed by atoms with E-state index in [0.717, 1.165) is 18.0 Å². The molecular weight excluding hydrogens is 232 g/mol. The summed E-state index contributed by atoms with van der Waals surface area (Å²) >= 11 is 0. The van der Waals surface area contributed by atoms with Gasteiger partial charge in [0.15, 0.2) is 0 Å². The van der Waals surface area contributed by atoms with Gasteiger partial charge < -0.3 is 10.6 Å². The molecule has 19 heavy (non-hydrogen) atoms. The van der Waals surface area contributed by atoms with Crippen LogP contribution in [0.3, 0.4) is 0 Å². The van der Waals surface area contributed by atoms with Crippen LogP contribution in [0.15, 0.2) is 0 Å². The Bertz CT molecular complexity index is 277. The molecule has 3 atom stereocenters. The second-order valence-corrected chi connectivity index (χ2v) is 7.35. The van der Waals surface area contributed by atoms with Crippen LogP contribution in [-0.4, -0.2) is 25.2 Å². The fraction of sp³-hybridized carbons (Fsp3) is 1.00. The lowest BCUT2D eigenvalue weighted by Gasteiger charge is -2.33. The third-order valence-electron chi connectivity index (χ3n) is 6.34. The van der Waals surface area contributed by atoms with Crippen LogP contribution < -0.4 is 10.6 Å². The van der Waals surface area contributed by atoms with Gasteiger partial charge in [0.05, 0.1) is 0 Å². The lowest BCUT2D eigenvalue weighted by atomic mass is 9.82. The van der Waals surface area contributed by atoms with E-state index in [9.17, 15) is 0 Å². The predicted octanol–water partition coefficient (Wildman–Crippen LogP) is 3.47. The highest BCUT2D eigenvalue weighted by molar-refractivity contribution is 4.95. The van der Waals surface area contributed by atoms with E-state index in [4.69, 9.17) is 0 Å². The molecule has 110 valence electrons. The molecule has 0 bridgehead atoms. The first-order chi connectivity index (χ1) is 9.33. The van der Waals surface area contributed by atoms with Crippen LogP contribution in [-0.2, 0) is 0 Å². The zero-order valence-corrected chi connectivity index (χ0v) is 12.7. The van der Waals surface area contributed by atoms with Gasteiger partial charge in [0.2, 0.25) is 0 Å². The molecule has 1 aliphatic heterocycles. The molecule has 2 nitrogen and oxygen atoms in total. The van der Waals surface area contributed by atoms with Crippen molar-refractivity contribution in [2.45, 2.75) is 83.2 Å². The molecule has 2 heteroatoms. The Morgan fingerprint density at radius 1 is 1.05 bits per heavy atom. The summed E-state index contributed by atoms with van der Waals surface area (Å²) in [5, 5.41) is 7.74. The van der Waals surface area contributed by atoms with Gasteiger partial charge in [-0.2, -0.15) is 0 Å². The topological polar surface area (TPSA) is 24.1 Å². The molecule has 0 spiro atoms. The standard InChI is InChI=1S/C17H32N2/c1-2-17(10-3-4-11-17)13-19-16-8-5-7-14(16)15-9-6-12-18-15/h14-16,18-19H,2-13H2,1H3.